The lowest BCUT2D eigenvalue weighted by Gasteiger charge is -2.49. The van der Waals surface area contributed by atoms with Gasteiger partial charge in [-0.2, -0.15) is 0 Å². The fourth-order valence-corrected chi connectivity index (χ4v) is 11.1. The van der Waals surface area contributed by atoms with Crippen LogP contribution in [0.4, 0.5) is 0 Å². The highest BCUT2D eigenvalue weighted by molar-refractivity contribution is 7.99. The van der Waals surface area contributed by atoms with E-state index in [-0.39, 0.29) is 0 Å². The summed E-state index contributed by atoms with van der Waals surface area (Å²) in [6.07, 6.45) is -64.9. The van der Waals surface area contributed by atoms with Crippen molar-refractivity contribution in [2.75, 3.05) is 45.4 Å². The van der Waals surface area contributed by atoms with Crippen molar-refractivity contribution in [1.82, 2.24) is 0 Å². The van der Waals surface area contributed by atoms with Crippen LogP contribution in [0.5, 0.6) is 0 Å². The third kappa shape index (κ3) is 13.2. The van der Waals surface area contributed by atoms with Gasteiger partial charge in [-0.15, -0.1) is 11.8 Å². The van der Waals surface area contributed by atoms with E-state index in [0.29, 0.717) is 11.8 Å². The van der Waals surface area contributed by atoms with Gasteiger partial charge in [-0.25, -0.2) is 0 Å². The maximum Gasteiger partial charge on any atom is 0.187 e. The summed E-state index contributed by atoms with van der Waals surface area (Å²) >= 11 is 0.562. The molecular weight excluding hydrogens is 1100 g/mol. The van der Waals surface area contributed by atoms with E-state index in [1.807, 2.05) is 0 Å². The first-order chi connectivity index (χ1) is 37.0. The molecule has 7 rings (SSSR count). The minimum Gasteiger partial charge on any atom is -0.394 e. The molecule has 35 unspecified atom stereocenters. The van der Waals surface area contributed by atoms with E-state index < -0.39 is 259 Å². The number of aliphatic hydroxyl groups excluding tert-OH is 23. The van der Waals surface area contributed by atoms with Crippen LogP contribution in [0.2, 0.25) is 0 Å². The highest BCUT2D eigenvalue weighted by Crippen LogP contribution is 2.39. The summed E-state index contributed by atoms with van der Waals surface area (Å²) in [6.45, 7) is -5.68. The minimum absolute atomic E-state index is 0.562. The molecule has 7 fully saturated rings. The van der Waals surface area contributed by atoms with Crippen molar-refractivity contribution in [1.29, 1.82) is 0 Å². The van der Waals surface area contributed by atoms with Crippen LogP contribution in [0.15, 0.2) is 0 Å². The van der Waals surface area contributed by atoms with Gasteiger partial charge < -0.3 is 174 Å². The van der Waals surface area contributed by atoms with Gasteiger partial charge >= 0.3 is 0 Å². The Morgan fingerprint density at radius 2 is 0.500 bits per heavy atom. The first kappa shape index (κ1) is 64.5. The van der Waals surface area contributed by atoms with Gasteiger partial charge in [0.05, 0.1) is 45.7 Å². The predicted molar refractivity (Wildman–Crippen MR) is 238 cm³/mol. The van der Waals surface area contributed by atoms with Crippen LogP contribution < -0.4 is 0 Å². The average Bonchev–Trinajstić information content (AvgIpc) is 3.44. The standard InChI is InChI=1S/C42H72O35S/c43-1-8-15(49)17(51)25(59)37(67-8)74-32-11(4-46)69-39(27(61)20(32)54)76-34-13(6-48)72-42(30(64)23(34)57)78-7-14-35(22(56)29(63)41(71-14)73-31-10(3-45)66-36(65)24(58)19(31)53)77-40-28(62)21(55)33(12(5-47)70-40)75-38-26(60)18(52)16(50)9(2-44)68-38/h8-65H,1-7H2. The predicted octanol–water partition coefficient (Wildman–Crippen LogP) is -15.6. The molecule has 7 saturated heterocycles. The Hall–Kier alpha value is -1.05. The molecule has 7 aliphatic heterocycles. The number of rotatable bonds is 19. The summed E-state index contributed by atoms with van der Waals surface area (Å²) < 4.78 is 67.4. The summed E-state index contributed by atoms with van der Waals surface area (Å²) in [5.41, 5.74) is -1.63. The van der Waals surface area contributed by atoms with E-state index in [1.54, 1.807) is 0 Å². The third-order valence-corrected chi connectivity index (χ3v) is 15.8. The van der Waals surface area contributed by atoms with Gasteiger partial charge in [0.15, 0.2) is 37.7 Å². The zero-order valence-electron chi connectivity index (χ0n) is 40.8. The lowest BCUT2D eigenvalue weighted by Crippen LogP contribution is -2.67. The van der Waals surface area contributed by atoms with Gasteiger partial charge in [0, 0.05) is 5.75 Å². The molecule has 0 aromatic carbocycles. The summed E-state index contributed by atoms with van der Waals surface area (Å²) in [4.78, 5) is 0. The van der Waals surface area contributed by atoms with E-state index in [1.165, 1.54) is 0 Å². The molecule has 0 aromatic rings. The molecule has 35 nitrogen and oxygen atoms in total. The largest absolute Gasteiger partial charge is 0.394 e. The van der Waals surface area contributed by atoms with E-state index in [2.05, 4.69) is 0 Å². The van der Waals surface area contributed by atoms with Crippen LogP contribution in [-0.4, -0.2) is 377 Å². The molecule has 456 valence electrons. The Bertz CT molecular complexity index is 1810. The summed E-state index contributed by atoms with van der Waals surface area (Å²) in [5.74, 6) is -0.594. The van der Waals surface area contributed by atoms with Gasteiger partial charge in [0.1, 0.15) is 170 Å². The van der Waals surface area contributed by atoms with E-state index >= 15 is 0 Å². The molecule has 7 aliphatic rings. The second-order valence-electron chi connectivity index (χ2n) is 19.6. The molecular formula is C42H72O35S. The minimum atomic E-state index is -2.22. The highest BCUT2D eigenvalue weighted by Gasteiger charge is 2.58. The molecule has 35 atom stereocenters. The topological polar surface area (TPSA) is 576 Å². The Balaban J connectivity index is 1.06. The molecule has 0 aliphatic carbocycles. The Morgan fingerprint density at radius 3 is 0.846 bits per heavy atom. The zero-order chi connectivity index (χ0) is 57.3. The Labute approximate surface area is 444 Å². The van der Waals surface area contributed by atoms with E-state index in [9.17, 15) is 117 Å². The molecule has 0 spiro atoms. The third-order valence-electron chi connectivity index (χ3n) is 14.5. The summed E-state index contributed by atoms with van der Waals surface area (Å²) in [7, 11) is 0. The van der Waals surface area contributed by atoms with Crippen molar-refractivity contribution in [3.63, 3.8) is 0 Å². The quantitative estimate of drug-likeness (QED) is 0.0571. The second kappa shape index (κ2) is 27.8. The lowest BCUT2D eigenvalue weighted by molar-refractivity contribution is -0.384. The lowest BCUT2D eigenvalue weighted by atomic mass is 9.96. The van der Waals surface area contributed by atoms with Crippen molar-refractivity contribution in [2.45, 2.75) is 214 Å². The maximum atomic E-state index is 11.7. The number of aliphatic hydroxyl groups is 23. The highest BCUT2D eigenvalue weighted by atomic mass is 32.2. The maximum absolute atomic E-state index is 11.7. The van der Waals surface area contributed by atoms with Crippen molar-refractivity contribution in [2.24, 2.45) is 0 Å². The molecule has 0 amide bonds. The summed E-state index contributed by atoms with van der Waals surface area (Å²) in [5, 5.41) is 244. The molecule has 0 aromatic heterocycles. The smallest absolute Gasteiger partial charge is 0.187 e. The fraction of sp³-hybridized carbons (Fsp3) is 1.00. The van der Waals surface area contributed by atoms with Crippen LogP contribution in [0.1, 0.15) is 0 Å². The molecule has 78 heavy (non-hydrogen) atoms. The van der Waals surface area contributed by atoms with Crippen molar-refractivity contribution in [3.05, 3.63) is 0 Å². The Morgan fingerprint density at radius 1 is 0.244 bits per heavy atom. The monoisotopic (exact) mass is 1170 g/mol. The van der Waals surface area contributed by atoms with Gasteiger partial charge in [0.2, 0.25) is 0 Å². The van der Waals surface area contributed by atoms with Crippen LogP contribution in [0, 0.1) is 0 Å². The van der Waals surface area contributed by atoms with Crippen molar-refractivity contribution < 1.29 is 174 Å². The summed E-state index contributed by atoms with van der Waals surface area (Å²) in [6, 6.07) is 0. The van der Waals surface area contributed by atoms with E-state index in [4.69, 9.17) is 56.8 Å². The SMILES string of the molecule is OCC1OC(OC2C(CO)OC(OC3C(CSC4OC(CO)C(OC5OC(CO)C(OC6OC(CO)C(O)C(O)C6O)C(O)C5O)C(O)C4O)OC(OC4C(CO)OC(O)C(O)C4O)C(O)C3O)C(O)C2O)C(O)C(O)C1O. The number of hydrogen-bond donors (Lipinski definition) is 23. The first-order valence-corrected chi connectivity index (χ1v) is 25.7. The van der Waals surface area contributed by atoms with E-state index in [0.717, 1.165) is 0 Å². The molecule has 23 N–H and O–H groups in total. The molecule has 0 bridgehead atoms. The van der Waals surface area contributed by atoms with Crippen LogP contribution in [-0.2, 0) is 56.8 Å². The molecule has 0 saturated carbocycles. The van der Waals surface area contributed by atoms with Gasteiger partial charge in [-0.1, -0.05) is 0 Å². The van der Waals surface area contributed by atoms with Crippen molar-refractivity contribution in [3.8, 4) is 0 Å². The average molecular weight is 1170 g/mol. The number of ether oxygens (including phenoxy) is 12. The zero-order valence-corrected chi connectivity index (χ0v) is 41.6. The first-order valence-electron chi connectivity index (χ1n) is 24.7. The van der Waals surface area contributed by atoms with Crippen molar-refractivity contribution >= 4 is 11.8 Å². The second-order valence-corrected chi connectivity index (χ2v) is 20.7. The van der Waals surface area contributed by atoms with Crippen LogP contribution in [0.3, 0.4) is 0 Å². The fourth-order valence-electron chi connectivity index (χ4n) is 9.90. The normalized spacial score (nSPS) is 53.5. The number of hydrogen-bond acceptors (Lipinski definition) is 36. The molecule has 7 heterocycles. The number of thioether (sulfide) groups is 1. The Kier molecular flexibility index (Phi) is 23.0. The molecule has 36 heteroatoms. The van der Waals surface area contributed by atoms with Gasteiger partial charge in [-0.3, -0.25) is 0 Å². The van der Waals surface area contributed by atoms with Crippen LogP contribution in [0.25, 0.3) is 0 Å². The van der Waals surface area contributed by atoms with Gasteiger partial charge in [0.25, 0.3) is 0 Å². The molecule has 0 radical (unpaired) electrons. The van der Waals surface area contributed by atoms with Crippen LogP contribution >= 0.6 is 11.8 Å². The van der Waals surface area contributed by atoms with Gasteiger partial charge in [-0.05, 0) is 0 Å².